The average molecular weight is 313 g/mol. The van der Waals surface area contributed by atoms with Crippen LogP contribution in [0.15, 0.2) is 24.3 Å². The Morgan fingerprint density at radius 1 is 0.957 bits per heavy atom. The number of carbonyl (C=O) groups excluding carboxylic acids is 1. The highest BCUT2D eigenvalue weighted by atomic mass is 19.1. The summed E-state index contributed by atoms with van der Waals surface area (Å²) in [7, 11) is 0. The number of carbonyl (C=O) groups is 1. The van der Waals surface area contributed by atoms with E-state index in [1.807, 2.05) is 12.1 Å². The summed E-state index contributed by atoms with van der Waals surface area (Å²) in [6.45, 7) is 0. The zero-order chi connectivity index (χ0) is 15.6. The van der Waals surface area contributed by atoms with Crippen molar-refractivity contribution in [1.29, 1.82) is 0 Å². The maximum atomic E-state index is 13.2. The highest BCUT2D eigenvalue weighted by Crippen LogP contribution is 2.57. The fourth-order valence-electron chi connectivity index (χ4n) is 6.05. The lowest BCUT2D eigenvalue weighted by molar-refractivity contribution is -0.139. The van der Waals surface area contributed by atoms with Crippen molar-refractivity contribution in [3.63, 3.8) is 0 Å². The van der Waals surface area contributed by atoms with Crippen molar-refractivity contribution in [3.8, 4) is 0 Å². The third-order valence-corrected chi connectivity index (χ3v) is 7.04. The van der Waals surface area contributed by atoms with Gasteiger partial charge in [-0.2, -0.15) is 0 Å². The molecule has 1 N–H and O–H groups in total. The predicted octanol–water partition coefficient (Wildman–Crippen LogP) is 4.00. The van der Waals surface area contributed by atoms with E-state index in [-0.39, 0.29) is 23.2 Å². The Hall–Kier alpha value is -1.38. The Balaban J connectivity index is 1.35. The molecule has 1 aromatic rings. The second-order valence-corrected chi connectivity index (χ2v) is 8.53. The van der Waals surface area contributed by atoms with Crippen LogP contribution in [0.5, 0.6) is 0 Å². The second kappa shape index (κ2) is 4.81. The quantitative estimate of drug-likeness (QED) is 0.898. The second-order valence-electron chi connectivity index (χ2n) is 8.53. The van der Waals surface area contributed by atoms with E-state index in [0.29, 0.717) is 11.8 Å². The molecule has 0 spiro atoms. The molecular formula is C20H24FNO. The van der Waals surface area contributed by atoms with E-state index in [0.717, 1.165) is 30.2 Å². The van der Waals surface area contributed by atoms with Gasteiger partial charge >= 0.3 is 0 Å². The van der Waals surface area contributed by atoms with E-state index in [4.69, 9.17) is 0 Å². The zero-order valence-electron chi connectivity index (χ0n) is 13.4. The van der Waals surface area contributed by atoms with E-state index in [1.165, 1.54) is 44.2 Å². The molecule has 5 fully saturated rings. The maximum absolute atomic E-state index is 13.2. The van der Waals surface area contributed by atoms with Crippen molar-refractivity contribution in [2.75, 3.05) is 0 Å². The van der Waals surface area contributed by atoms with Gasteiger partial charge in [-0.3, -0.25) is 4.79 Å². The Morgan fingerprint density at radius 3 is 2.04 bits per heavy atom. The van der Waals surface area contributed by atoms with Crippen LogP contribution in [0.25, 0.3) is 0 Å². The normalized spacial score (nSPS) is 39.3. The number of amides is 1. The summed E-state index contributed by atoms with van der Waals surface area (Å²) in [5.41, 5.74) is 0.857. The van der Waals surface area contributed by atoms with Crippen LogP contribution in [0.3, 0.4) is 0 Å². The Bertz CT molecular complexity index is 606. The molecule has 4 bridgehead atoms. The van der Waals surface area contributed by atoms with Gasteiger partial charge in [0.25, 0.3) is 0 Å². The fraction of sp³-hybridized carbons (Fsp3) is 0.650. The summed E-state index contributed by atoms with van der Waals surface area (Å²) < 4.78 is 13.2. The van der Waals surface area contributed by atoms with Crippen LogP contribution in [-0.4, -0.2) is 5.91 Å². The minimum Gasteiger partial charge on any atom is -0.346 e. The number of nitrogens with one attached hydrogen (secondary N) is 1. The van der Waals surface area contributed by atoms with Gasteiger partial charge in [-0.15, -0.1) is 0 Å². The summed E-state index contributed by atoms with van der Waals surface area (Å²) in [5.74, 6) is 3.34. The van der Waals surface area contributed by atoms with Crippen molar-refractivity contribution in [1.82, 2.24) is 5.32 Å². The molecule has 0 heterocycles. The summed E-state index contributed by atoms with van der Waals surface area (Å²) in [5, 5.41) is 3.37. The first-order valence-corrected chi connectivity index (χ1v) is 9.21. The van der Waals surface area contributed by atoms with Crippen LogP contribution in [0, 0.1) is 35.4 Å². The van der Waals surface area contributed by atoms with Crippen LogP contribution in [0.4, 0.5) is 4.39 Å². The first kappa shape index (κ1) is 14.0. The zero-order valence-corrected chi connectivity index (χ0v) is 13.4. The minimum absolute atomic E-state index is 0.209. The molecule has 5 aliphatic rings. The highest BCUT2D eigenvalue weighted by Gasteiger charge is 2.53. The van der Waals surface area contributed by atoms with Crippen LogP contribution in [-0.2, 0) is 10.3 Å². The first-order chi connectivity index (χ1) is 11.1. The molecule has 6 rings (SSSR count). The molecule has 23 heavy (non-hydrogen) atoms. The molecule has 5 saturated carbocycles. The predicted molar refractivity (Wildman–Crippen MR) is 86.0 cm³/mol. The largest absolute Gasteiger partial charge is 0.346 e. The number of rotatable bonds is 3. The SMILES string of the molecule is O=C(NC1(c2ccc(F)cc2)CC1)C1C2CC3CC(C2)CC1C3. The standard InChI is InChI=1S/C20H24FNO/c21-17-3-1-16(2-4-17)20(5-6-20)22-19(23)18-14-8-12-7-13(10-14)11-15(18)9-12/h1-4,12-15,18H,5-11H2,(H,22,23). The van der Waals surface area contributed by atoms with Gasteiger partial charge in [0.2, 0.25) is 5.91 Å². The molecular weight excluding hydrogens is 289 g/mol. The topological polar surface area (TPSA) is 29.1 Å². The molecule has 1 aromatic carbocycles. The summed E-state index contributed by atoms with van der Waals surface area (Å²) in [6.07, 6.45) is 8.47. The Morgan fingerprint density at radius 2 is 1.52 bits per heavy atom. The van der Waals surface area contributed by atoms with E-state index < -0.39 is 0 Å². The molecule has 5 aliphatic carbocycles. The number of hydrogen-bond acceptors (Lipinski definition) is 1. The molecule has 122 valence electrons. The molecule has 0 aliphatic heterocycles. The molecule has 0 atom stereocenters. The highest BCUT2D eigenvalue weighted by molar-refractivity contribution is 5.81. The molecule has 0 unspecified atom stereocenters. The Labute approximate surface area is 136 Å². The van der Waals surface area contributed by atoms with E-state index in [2.05, 4.69) is 5.32 Å². The molecule has 0 saturated heterocycles. The van der Waals surface area contributed by atoms with Gasteiger partial charge in [0.1, 0.15) is 5.82 Å². The smallest absolute Gasteiger partial charge is 0.224 e. The fourth-order valence-corrected chi connectivity index (χ4v) is 6.05. The van der Waals surface area contributed by atoms with E-state index in [1.54, 1.807) is 0 Å². The van der Waals surface area contributed by atoms with Crippen molar-refractivity contribution in [2.45, 2.75) is 50.5 Å². The van der Waals surface area contributed by atoms with Gasteiger partial charge in [0, 0.05) is 5.92 Å². The van der Waals surface area contributed by atoms with Crippen LogP contribution < -0.4 is 5.32 Å². The first-order valence-electron chi connectivity index (χ1n) is 9.21. The van der Waals surface area contributed by atoms with Gasteiger partial charge in [-0.1, -0.05) is 12.1 Å². The average Bonchev–Trinajstić information content (AvgIpc) is 3.27. The lowest BCUT2D eigenvalue weighted by atomic mass is 9.51. The van der Waals surface area contributed by atoms with Crippen LogP contribution in [0.2, 0.25) is 0 Å². The van der Waals surface area contributed by atoms with Crippen LogP contribution >= 0.6 is 0 Å². The monoisotopic (exact) mass is 313 g/mol. The molecule has 2 nitrogen and oxygen atoms in total. The molecule has 3 heteroatoms. The lowest BCUT2D eigenvalue weighted by Gasteiger charge is -2.53. The number of halogens is 1. The van der Waals surface area contributed by atoms with E-state index >= 15 is 0 Å². The van der Waals surface area contributed by atoms with Crippen LogP contribution in [0.1, 0.15) is 50.5 Å². The van der Waals surface area contributed by atoms with Crippen molar-refractivity contribution >= 4 is 5.91 Å². The molecule has 0 radical (unpaired) electrons. The number of hydrogen-bond donors (Lipinski definition) is 1. The third kappa shape index (κ3) is 2.23. The van der Waals surface area contributed by atoms with Crippen molar-refractivity contribution in [2.24, 2.45) is 29.6 Å². The van der Waals surface area contributed by atoms with Gasteiger partial charge in [0.05, 0.1) is 5.54 Å². The molecule has 0 aromatic heterocycles. The van der Waals surface area contributed by atoms with Gasteiger partial charge < -0.3 is 5.32 Å². The van der Waals surface area contributed by atoms with Crippen molar-refractivity contribution in [3.05, 3.63) is 35.6 Å². The molecule has 1 amide bonds. The maximum Gasteiger partial charge on any atom is 0.224 e. The van der Waals surface area contributed by atoms with Gasteiger partial charge in [-0.25, -0.2) is 4.39 Å². The summed E-state index contributed by atoms with van der Waals surface area (Å²) in [4.78, 5) is 13.0. The summed E-state index contributed by atoms with van der Waals surface area (Å²) in [6, 6.07) is 6.67. The Kier molecular flexibility index (Phi) is 2.93. The minimum atomic E-state index is -0.211. The van der Waals surface area contributed by atoms with E-state index in [9.17, 15) is 9.18 Å². The number of benzene rings is 1. The van der Waals surface area contributed by atoms with Crippen molar-refractivity contribution < 1.29 is 9.18 Å². The lowest BCUT2D eigenvalue weighted by Crippen LogP contribution is -2.52. The van der Waals surface area contributed by atoms with Gasteiger partial charge in [0.15, 0.2) is 0 Å². The van der Waals surface area contributed by atoms with Gasteiger partial charge in [-0.05, 0) is 86.3 Å². The third-order valence-electron chi connectivity index (χ3n) is 7.04. The summed E-state index contributed by atoms with van der Waals surface area (Å²) >= 11 is 0.